The van der Waals surface area contributed by atoms with Crippen molar-refractivity contribution in [1.29, 1.82) is 0 Å². The summed E-state index contributed by atoms with van der Waals surface area (Å²) in [6.07, 6.45) is 0.952. The number of amides is 2. The molecule has 2 aromatic carbocycles. The second kappa shape index (κ2) is 7.80. The minimum absolute atomic E-state index is 0.255. The number of hydrogen-bond donors (Lipinski definition) is 2. The number of benzene rings is 2. The van der Waals surface area contributed by atoms with Crippen LogP contribution in [-0.2, 0) is 20.9 Å². The molecule has 1 aliphatic rings. The normalized spacial score (nSPS) is 14.1. The van der Waals surface area contributed by atoms with E-state index < -0.39 is 11.4 Å². The van der Waals surface area contributed by atoms with E-state index >= 15 is 0 Å². The van der Waals surface area contributed by atoms with Crippen LogP contribution in [0, 0.1) is 5.41 Å². The second-order valence-corrected chi connectivity index (χ2v) is 6.79. The van der Waals surface area contributed by atoms with Crippen LogP contribution in [0.4, 0.5) is 5.69 Å². The maximum atomic E-state index is 12.7. The van der Waals surface area contributed by atoms with Gasteiger partial charge in [0, 0.05) is 17.3 Å². The average molecular weight is 387 g/mol. The third-order valence-corrected chi connectivity index (χ3v) is 4.93. The number of halogens is 1. The fourth-order valence-electron chi connectivity index (χ4n) is 2.76. The standard InChI is InChI=1S/C20H19ClN2O4/c1-27-17(24)13-6-4-7-15(11-13)23-19(26)20(9-10-20)18(25)22-12-14-5-2-3-8-16(14)21/h2-8,11H,9-10,12H2,1H3,(H,22,25)(H,23,26). The predicted octanol–water partition coefficient (Wildman–Crippen LogP) is 3.16. The SMILES string of the molecule is COC(=O)c1cccc(NC(=O)C2(C(=O)NCc3ccccc3Cl)CC2)c1. The number of carbonyl (C=O) groups is 3. The molecule has 3 rings (SSSR count). The molecule has 2 aromatic rings. The Hall–Kier alpha value is -2.86. The molecule has 0 atom stereocenters. The summed E-state index contributed by atoms with van der Waals surface area (Å²) in [5, 5.41) is 6.07. The van der Waals surface area contributed by atoms with Crippen molar-refractivity contribution in [2.45, 2.75) is 19.4 Å². The molecular formula is C20H19ClN2O4. The zero-order chi connectivity index (χ0) is 19.4. The topological polar surface area (TPSA) is 84.5 Å². The Balaban J connectivity index is 1.65. The van der Waals surface area contributed by atoms with Crippen LogP contribution in [0.2, 0.25) is 5.02 Å². The highest BCUT2D eigenvalue weighted by atomic mass is 35.5. The molecule has 2 N–H and O–H groups in total. The molecule has 1 fully saturated rings. The summed E-state index contributed by atoms with van der Waals surface area (Å²) in [7, 11) is 1.29. The first-order chi connectivity index (χ1) is 13.0. The van der Waals surface area contributed by atoms with Crippen molar-refractivity contribution in [2.75, 3.05) is 12.4 Å². The third-order valence-electron chi connectivity index (χ3n) is 4.56. The fourth-order valence-corrected chi connectivity index (χ4v) is 2.96. The lowest BCUT2D eigenvalue weighted by Gasteiger charge is -2.16. The van der Waals surface area contributed by atoms with Crippen molar-refractivity contribution in [3.8, 4) is 0 Å². The molecule has 2 amide bonds. The molecule has 0 unspecified atom stereocenters. The largest absolute Gasteiger partial charge is 0.465 e. The maximum Gasteiger partial charge on any atom is 0.337 e. The summed E-state index contributed by atoms with van der Waals surface area (Å²) in [5.41, 5.74) is 0.466. The van der Waals surface area contributed by atoms with Crippen LogP contribution in [0.5, 0.6) is 0 Å². The molecule has 0 aliphatic heterocycles. The van der Waals surface area contributed by atoms with Crippen LogP contribution >= 0.6 is 11.6 Å². The van der Waals surface area contributed by atoms with Gasteiger partial charge >= 0.3 is 5.97 Å². The zero-order valence-electron chi connectivity index (χ0n) is 14.8. The predicted molar refractivity (Wildman–Crippen MR) is 101 cm³/mol. The lowest BCUT2D eigenvalue weighted by atomic mass is 10.0. The molecule has 1 aliphatic carbocycles. The summed E-state index contributed by atoms with van der Waals surface area (Å²) in [4.78, 5) is 36.8. The van der Waals surface area contributed by atoms with Crippen molar-refractivity contribution >= 4 is 35.1 Å². The van der Waals surface area contributed by atoms with E-state index in [1.165, 1.54) is 13.2 Å². The first kappa shape index (κ1) is 18.9. The summed E-state index contributed by atoms with van der Waals surface area (Å²) >= 11 is 6.09. The minimum Gasteiger partial charge on any atom is -0.465 e. The van der Waals surface area contributed by atoms with Gasteiger partial charge < -0.3 is 15.4 Å². The molecule has 0 aromatic heterocycles. The highest BCUT2D eigenvalue weighted by Crippen LogP contribution is 2.47. The van der Waals surface area contributed by atoms with Gasteiger partial charge in [-0.05, 0) is 42.7 Å². The first-order valence-corrected chi connectivity index (χ1v) is 8.85. The molecular weight excluding hydrogens is 368 g/mol. The second-order valence-electron chi connectivity index (χ2n) is 6.38. The van der Waals surface area contributed by atoms with E-state index in [-0.39, 0.29) is 18.4 Å². The van der Waals surface area contributed by atoms with Gasteiger partial charge in [-0.15, -0.1) is 0 Å². The quantitative estimate of drug-likeness (QED) is 0.590. The van der Waals surface area contributed by atoms with E-state index in [0.29, 0.717) is 29.1 Å². The Labute approximate surface area is 161 Å². The van der Waals surface area contributed by atoms with Crippen LogP contribution in [0.1, 0.15) is 28.8 Å². The highest BCUT2D eigenvalue weighted by molar-refractivity contribution is 6.31. The van der Waals surface area contributed by atoms with Gasteiger partial charge in [0.15, 0.2) is 0 Å². The summed E-state index contributed by atoms with van der Waals surface area (Å²) in [6.45, 7) is 0.255. The van der Waals surface area contributed by atoms with Gasteiger partial charge in [0.1, 0.15) is 5.41 Å². The average Bonchev–Trinajstić information content (AvgIpc) is 3.49. The number of hydrogen-bond acceptors (Lipinski definition) is 4. The van der Waals surface area contributed by atoms with E-state index in [4.69, 9.17) is 11.6 Å². The van der Waals surface area contributed by atoms with E-state index in [2.05, 4.69) is 15.4 Å². The Bertz CT molecular complexity index is 893. The number of methoxy groups -OCH3 is 1. The minimum atomic E-state index is -1.08. The first-order valence-electron chi connectivity index (χ1n) is 8.48. The van der Waals surface area contributed by atoms with Crippen molar-refractivity contribution < 1.29 is 19.1 Å². The van der Waals surface area contributed by atoms with E-state index in [0.717, 1.165) is 5.56 Å². The molecule has 0 bridgehead atoms. The van der Waals surface area contributed by atoms with Crippen molar-refractivity contribution in [1.82, 2.24) is 5.32 Å². The van der Waals surface area contributed by atoms with Crippen LogP contribution in [0.25, 0.3) is 0 Å². The van der Waals surface area contributed by atoms with Gasteiger partial charge in [0.2, 0.25) is 11.8 Å². The Kier molecular flexibility index (Phi) is 5.46. The van der Waals surface area contributed by atoms with Gasteiger partial charge in [0.25, 0.3) is 0 Å². The van der Waals surface area contributed by atoms with Crippen molar-refractivity contribution in [3.05, 3.63) is 64.7 Å². The number of anilines is 1. The number of nitrogens with one attached hydrogen (secondary N) is 2. The highest BCUT2D eigenvalue weighted by Gasteiger charge is 2.56. The van der Waals surface area contributed by atoms with E-state index in [9.17, 15) is 14.4 Å². The van der Waals surface area contributed by atoms with Crippen LogP contribution < -0.4 is 10.6 Å². The number of ether oxygens (including phenoxy) is 1. The Morgan fingerprint density at radius 1 is 1.07 bits per heavy atom. The van der Waals surface area contributed by atoms with Gasteiger partial charge in [-0.1, -0.05) is 35.9 Å². The molecule has 0 heterocycles. The van der Waals surface area contributed by atoms with Gasteiger partial charge in [0.05, 0.1) is 12.7 Å². The van der Waals surface area contributed by atoms with Crippen LogP contribution in [0.3, 0.4) is 0 Å². The summed E-state index contributed by atoms with van der Waals surface area (Å²) in [5.74, 6) is -1.21. The molecule has 1 saturated carbocycles. The van der Waals surface area contributed by atoms with Crippen LogP contribution in [-0.4, -0.2) is 24.9 Å². The Morgan fingerprint density at radius 3 is 2.48 bits per heavy atom. The summed E-state index contributed by atoms with van der Waals surface area (Å²) < 4.78 is 4.67. The van der Waals surface area contributed by atoms with Crippen molar-refractivity contribution in [2.24, 2.45) is 5.41 Å². The monoisotopic (exact) mass is 386 g/mol. The molecule has 0 spiro atoms. The smallest absolute Gasteiger partial charge is 0.337 e. The maximum absolute atomic E-state index is 12.7. The number of rotatable bonds is 6. The Morgan fingerprint density at radius 2 is 1.81 bits per heavy atom. The fraction of sp³-hybridized carbons (Fsp3) is 0.250. The van der Waals surface area contributed by atoms with Gasteiger partial charge in [-0.2, -0.15) is 0 Å². The third kappa shape index (κ3) is 4.11. The molecule has 140 valence electrons. The lowest BCUT2D eigenvalue weighted by Crippen LogP contribution is -2.39. The van der Waals surface area contributed by atoms with Gasteiger partial charge in [-0.3, -0.25) is 9.59 Å². The van der Waals surface area contributed by atoms with E-state index in [1.807, 2.05) is 18.2 Å². The van der Waals surface area contributed by atoms with Gasteiger partial charge in [-0.25, -0.2) is 4.79 Å². The lowest BCUT2D eigenvalue weighted by molar-refractivity contribution is -0.134. The number of carbonyl (C=O) groups excluding carboxylic acids is 3. The number of esters is 1. The molecule has 27 heavy (non-hydrogen) atoms. The van der Waals surface area contributed by atoms with Crippen LogP contribution in [0.15, 0.2) is 48.5 Å². The molecule has 0 saturated heterocycles. The molecule has 0 radical (unpaired) electrons. The summed E-state index contributed by atoms with van der Waals surface area (Å²) in [6, 6.07) is 13.6. The zero-order valence-corrected chi connectivity index (χ0v) is 15.5. The molecule has 6 nitrogen and oxygen atoms in total. The van der Waals surface area contributed by atoms with E-state index in [1.54, 1.807) is 24.3 Å². The van der Waals surface area contributed by atoms with Crippen molar-refractivity contribution in [3.63, 3.8) is 0 Å². The molecule has 7 heteroatoms.